The number of anilines is 6. The van der Waals surface area contributed by atoms with Gasteiger partial charge in [0.2, 0.25) is 23.3 Å². The van der Waals surface area contributed by atoms with E-state index in [9.17, 15) is 24.4 Å². The van der Waals surface area contributed by atoms with Gasteiger partial charge in [-0.2, -0.15) is 0 Å². The van der Waals surface area contributed by atoms with Crippen LogP contribution in [-0.4, -0.2) is 146 Å². The number of phenolic OH excluding ortho intramolecular Hbond substituents is 1. The molecule has 8 heterocycles. The number of alkyl halides is 1. The van der Waals surface area contributed by atoms with Crippen LogP contribution in [0.3, 0.4) is 0 Å². The van der Waals surface area contributed by atoms with Crippen LogP contribution in [0.25, 0.3) is 21.1 Å². The summed E-state index contributed by atoms with van der Waals surface area (Å²) in [6, 6.07) is 5.90. The van der Waals surface area contributed by atoms with Crippen molar-refractivity contribution in [2.24, 2.45) is 14.1 Å². The zero-order chi connectivity index (χ0) is 58.5. The third-order valence-corrected chi connectivity index (χ3v) is 16.0. The normalized spacial score (nSPS) is 20.6. The number of aliphatic hydroxyl groups excluding tert-OH is 2. The number of phenols is 1. The summed E-state index contributed by atoms with van der Waals surface area (Å²) >= 11 is 2.13. The minimum Gasteiger partial charge on any atom is -0.505 e. The van der Waals surface area contributed by atoms with Crippen LogP contribution < -0.4 is 35.3 Å². The summed E-state index contributed by atoms with van der Waals surface area (Å²) in [7, 11) is 2.89. The van der Waals surface area contributed by atoms with Crippen LogP contribution >= 0.6 is 22.6 Å². The number of fused-ring (bicyclic) bond motifs is 2. The van der Waals surface area contributed by atoms with Gasteiger partial charge in [-0.15, -0.1) is 0 Å². The fourth-order valence-corrected chi connectivity index (χ4v) is 11.1. The monoisotopic (exact) mass is 1230 g/mol. The van der Waals surface area contributed by atoms with Gasteiger partial charge in [0.15, 0.2) is 20.9 Å². The number of halogens is 3. The molecule has 0 unspecified atom stereocenters. The number of nitrogens with zero attached hydrogens (tertiary/aromatic N) is 16. The number of rotatable bonds is 14. The predicted octanol–water partition coefficient (Wildman–Crippen LogP) is 6.60. The van der Waals surface area contributed by atoms with Crippen molar-refractivity contribution in [1.29, 1.82) is 0 Å². The largest absolute Gasteiger partial charge is 0.505 e. The molecule has 4 aromatic heterocycles. The van der Waals surface area contributed by atoms with E-state index in [0.29, 0.717) is 33.0 Å². The first-order valence-electron chi connectivity index (χ1n) is 26.6. The first kappa shape index (κ1) is 59.7. The molecule has 81 heavy (non-hydrogen) atoms. The van der Waals surface area contributed by atoms with Crippen LogP contribution in [0.5, 0.6) is 11.5 Å². The van der Waals surface area contributed by atoms with Crippen LogP contribution in [0.2, 0.25) is 0 Å². The van der Waals surface area contributed by atoms with Crippen molar-refractivity contribution in [3.8, 4) is 22.9 Å². The zero-order valence-corrected chi connectivity index (χ0v) is 48.6. The van der Waals surface area contributed by atoms with Crippen molar-refractivity contribution in [2.45, 2.75) is 140 Å². The summed E-state index contributed by atoms with van der Waals surface area (Å²) in [5.41, 5.74) is 0.758. The molecule has 10 rings (SSSR count). The van der Waals surface area contributed by atoms with Crippen LogP contribution in [0.4, 0.5) is 55.1 Å². The number of aliphatic hydroxyl groups is 2. The SMILES string of the molecule is C[C@@H](O)CI.[C-]#[N+]c1cnc(Nc2cc(-n3cnn(C)[n+]3=O)c(O)cc2F)nc1N[C@@H]1C[C@@H]2CCCN2C(C)(C)C1.[C-]#[N+]c1cnc(Nc2cc(-n3cnn(C)[n+]3=O)c(OC[C@@H](C)O)cc2F)nc1N[C@@H]1C[C@@H]2CCCN2C(C)(C)C1. The minimum atomic E-state index is -0.807. The molecule has 0 amide bonds. The van der Waals surface area contributed by atoms with Crippen molar-refractivity contribution in [3.63, 3.8) is 0 Å². The molecule has 4 aliphatic rings. The Morgan fingerprint density at radius 3 is 1.62 bits per heavy atom. The van der Waals surface area contributed by atoms with Gasteiger partial charge in [0, 0.05) is 73.8 Å². The van der Waals surface area contributed by atoms with Gasteiger partial charge in [-0.25, -0.2) is 38.4 Å². The average molecular weight is 1240 g/mol. The number of nitrogens with one attached hydrogen (secondary N) is 4. The van der Waals surface area contributed by atoms with Crippen molar-refractivity contribution >= 4 is 68.9 Å². The highest BCUT2D eigenvalue weighted by molar-refractivity contribution is 14.1. The Labute approximate surface area is 480 Å². The van der Waals surface area contributed by atoms with E-state index in [1.165, 1.54) is 71.0 Å². The highest BCUT2D eigenvalue weighted by Gasteiger charge is 2.44. The maximum atomic E-state index is 15.2. The van der Waals surface area contributed by atoms with Crippen LogP contribution in [0.15, 0.2) is 49.3 Å². The van der Waals surface area contributed by atoms with Gasteiger partial charge < -0.3 is 41.3 Å². The van der Waals surface area contributed by atoms with Crippen molar-refractivity contribution in [1.82, 2.24) is 58.9 Å². The van der Waals surface area contributed by atoms with E-state index in [2.05, 4.69) is 121 Å². The number of aromatic hydroxyl groups is 1. The van der Waals surface area contributed by atoms with E-state index < -0.39 is 23.5 Å². The van der Waals surface area contributed by atoms with E-state index in [4.69, 9.17) is 23.0 Å². The molecular formula is C52H69F2IN20O6+2. The Kier molecular flexibility index (Phi) is 18.5. The lowest BCUT2D eigenvalue weighted by Gasteiger charge is -2.48. The van der Waals surface area contributed by atoms with Crippen LogP contribution in [-0.2, 0) is 14.1 Å². The standard InChI is InChI=1S/C26H34FN10O3.C23H27FN10O2.C3H7IO/c1-16(38)14-40-23-10-19(27)20(11-22(23)36-15-30-34(5)37(36)39)32-25-29-13-21(28-4)24(33-25)31-17-9-18-7-6-8-35(18)26(2,3)12-17;1-23(2)11-14(8-15-6-5-7-32(15)23)28-21-18(25-3)12-26-22(30-21)29-17-10-19(20(35)9-16(17)24)33-13-27-31(4)34(33)36;1-3(5)2-4/h10-11,13,15-18,38H,6-9,12,14H2,1-3,5H3,(H2,29,31,32,33);9-10,12-15H,5-8,11H2,1-2,4H3,(H2-,26,28,29,30,35);3,5H,2H2,1H3/q+1;;/p+1/t16-,17-,18+;14-,15+;3-/m111/s1. The molecule has 4 aliphatic heterocycles. The lowest BCUT2D eigenvalue weighted by molar-refractivity contribution is -0.672. The molecule has 4 fully saturated rings. The number of benzene rings is 2. The fourth-order valence-electron chi connectivity index (χ4n) is 11.1. The third kappa shape index (κ3) is 13.8. The Morgan fingerprint density at radius 1 is 0.753 bits per heavy atom. The summed E-state index contributed by atoms with van der Waals surface area (Å²) in [6.45, 7) is 29.6. The smallest absolute Gasteiger partial charge is 0.278 e. The predicted molar refractivity (Wildman–Crippen MR) is 305 cm³/mol. The summed E-state index contributed by atoms with van der Waals surface area (Å²) in [4.78, 5) is 56.5. The highest BCUT2D eigenvalue weighted by Crippen LogP contribution is 2.42. The molecule has 432 valence electrons. The number of piperidine rings is 2. The van der Waals surface area contributed by atoms with E-state index in [0.717, 1.165) is 87.1 Å². The molecule has 0 saturated carbocycles. The van der Waals surface area contributed by atoms with E-state index in [1.807, 2.05) is 0 Å². The second kappa shape index (κ2) is 25.1. The van der Waals surface area contributed by atoms with E-state index in [-0.39, 0.29) is 87.6 Å². The minimum absolute atomic E-state index is 0.0161. The first-order valence-corrected chi connectivity index (χ1v) is 28.1. The number of hydrogen-bond donors (Lipinski definition) is 7. The summed E-state index contributed by atoms with van der Waals surface area (Å²) in [5.74, 6) is -0.920. The maximum Gasteiger partial charge on any atom is 0.278 e. The molecule has 0 spiro atoms. The lowest BCUT2D eigenvalue weighted by Crippen LogP contribution is -2.55. The highest BCUT2D eigenvalue weighted by atomic mass is 127. The fraction of sp³-hybridized carbons (Fsp3) is 0.538. The number of ether oxygens (including phenoxy) is 1. The average Bonchev–Trinajstić information content (AvgIpc) is 4.47. The van der Waals surface area contributed by atoms with Gasteiger partial charge in [-0.1, -0.05) is 32.0 Å². The molecule has 6 aromatic rings. The van der Waals surface area contributed by atoms with Gasteiger partial charge in [0.05, 0.1) is 61.0 Å². The molecule has 0 radical (unpaired) electrons. The molecule has 6 atom stereocenters. The number of hydrogen-bond acceptors (Lipinski definition) is 18. The Hall–Kier alpha value is -7.45. The maximum absolute atomic E-state index is 15.2. The van der Waals surface area contributed by atoms with Crippen molar-refractivity contribution < 1.29 is 38.2 Å². The van der Waals surface area contributed by atoms with Gasteiger partial charge in [-0.05, 0) is 128 Å². The molecule has 29 heteroatoms. The lowest BCUT2D eigenvalue weighted by atomic mass is 9.84. The Balaban J connectivity index is 0.000000197. The summed E-state index contributed by atoms with van der Waals surface area (Å²) in [6.07, 6.45) is 12.7. The van der Waals surface area contributed by atoms with Gasteiger partial charge in [0.25, 0.3) is 12.7 Å². The summed E-state index contributed by atoms with van der Waals surface area (Å²) < 4.78 is 39.4. The number of aromatic nitrogens is 12. The third-order valence-electron chi connectivity index (χ3n) is 14.7. The first-order chi connectivity index (χ1) is 38.5. The van der Waals surface area contributed by atoms with Gasteiger partial charge in [-0.3, -0.25) is 9.80 Å². The molecular weight excluding hydrogens is 1170 g/mol. The Bertz CT molecular complexity index is 3430. The van der Waals surface area contributed by atoms with Crippen molar-refractivity contribution in [2.75, 3.05) is 45.4 Å². The topological polar surface area (TPSA) is 276 Å². The number of tetrazole rings is 2. The second-order valence-corrected chi connectivity index (χ2v) is 22.8. The molecule has 7 N–H and O–H groups in total. The van der Waals surface area contributed by atoms with Gasteiger partial charge >= 0.3 is 0 Å². The zero-order valence-electron chi connectivity index (χ0n) is 46.4. The second-order valence-electron chi connectivity index (χ2n) is 21.9. The molecule has 4 saturated heterocycles. The van der Waals surface area contributed by atoms with Crippen LogP contribution in [0, 0.1) is 34.6 Å². The summed E-state index contributed by atoms with van der Waals surface area (Å²) in [5, 5.41) is 48.6. The Morgan fingerprint density at radius 2 is 1.20 bits per heavy atom. The molecule has 0 bridgehead atoms. The van der Waals surface area contributed by atoms with Gasteiger partial charge in [0.1, 0.15) is 41.1 Å². The van der Waals surface area contributed by atoms with Crippen LogP contribution in [0.1, 0.15) is 92.9 Å². The molecule has 2 aromatic carbocycles. The number of aryl methyl sites for hydroxylation is 2. The quantitative estimate of drug-likeness (QED) is 0.0199. The van der Waals surface area contributed by atoms with E-state index >= 15 is 4.39 Å². The molecule has 0 aliphatic carbocycles. The van der Waals surface area contributed by atoms with E-state index in [1.54, 1.807) is 6.92 Å². The van der Waals surface area contributed by atoms with Crippen molar-refractivity contribution in [3.05, 3.63) is 93.6 Å². The molecule has 26 nitrogen and oxygen atoms in total.